The number of aliphatic hydroxyl groups excluding tert-OH is 2. The van der Waals surface area contributed by atoms with Crippen molar-refractivity contribution in [2.24, 2.45) is 0 Å². The predicted molar refractivity (Wildman–Crippen MR) is 111 cm³/mol. The lowest BCUT2D eigenvalue weighted by Gasteiger charge is -2.12. The normalized spacial score (nSPS) is 12.5. The van der Waals surface area contributed by atoms with E-state index in [1.807, 2.05) is 6.92 Å². The van der Waals surface area contributed by atoms with Gasteiger partial charge in [-0.3, -0.25) is 0 Å². The van der Waals surface area contributed by atoms with Gasteiger partial charge in [-0.2, -0.15) is 0 Å². The van der Waals surface area contributed by atoms with Crippen LogP contribution in [0.5, 0.6) is 0 Å². The Bertz CT molecular complexity index is 218. The molecule has 0 fully saturated rings. The van der Waals surface area contributed by atoms with Crippen molar-refractivity contribution in [3.63, 3.8) is 0 Å². The van der Waals surface area contributed by atoms with Crippen LogP contribution in [0, 0.1) is 0 Å². The molecule has 0 aromatic rings. The van der Waals surface area contributed by atoms with Crippen molar-refractivity contribution >= 4 is 15.9 Å². The Balaban J connectivity index is -0.000000370. The fourth-order valence-corrected chi connectivity index (χ4v) is 1.30. The lowest BCUT2D eigenvalue weighted by atomic mass is 10.4. The summed E-state index contributed by atoms with van der Waals surface area (Å²) >= 11 is 3.25. The molecular weight excluding hydrogens is 404 g/mol. The highest BCUT2D eigenvalue weighted by molar-refractivity contribution is 9.09. The lowest BCUT2D eigenvalue weighted by molar-refractivity contribution is -0.0230. The fraction of sp³-hybridized carbons (Fsp3) is 1.00. The molecule has 0 aliphatic rings. The zero-order valence-electron chi connectivity index (χ0n) is 17.5. The molecule has 26 heavy (non-hydrogen) atoms. The molecule has 0 aromatic carbocycles. The van der Waals surface area contributed by atoms with Gasteiger partial charge in [0.1, 0.15) is 0 Å². The van der Waals surface area contributed by atoms with E-state index in [1.54, 1.807) is 6.92 Å². The summed E-state index contributed by atoms with van der Waals surface area (Å²) in [5.41, 5.74) is 0. The molecule has 7 heteroatoms. The summed E-state index contributed by atoms with van der Waals surface area (Å²) in [6, 6.07) is 0. The van der Waals surface area contributed by atoms with E-state index in [0.29, 0.717) is 33.0 Å². The van der Waals surface area contributed by atoms with Crippen LogP contribution >= 0.6 is 15.9 Å². The Morgan fingerprint density at radius 1 is 0.769 bits per heavy atom. The molecular formula is C19H43BrO6. The standard InChI is InChI=1S/C11H24O3.C5H12O3.C3H7Br/c1-4-6-12-8-9-13-10-11(3)14-7-5-2;1-5(7)4-8-3-2-6;1-2-3-4/h11H,4-10H2,1-3H3;5-7H,2-4H2,1H3;2-3H2,1H3. The smallest absolute Gasteiger partial charge is 0.0780 e. The summed E-state index contributed by atoms with van der Waals surface area (Å²) < 4.78 is 20.9. The van der Waals surface area contributed by atoms with Gasteiger partial charge in [0.2, 0.25) is 0 Å². The first-order chi connectivity index (χ1) is 12.5. The minimum atomic E-state index is -0.429. The lowest BCUT2D eigenvalue weighted by Crippen LogP contribution is -2.18. The molecule has 162 valence electrons. The monoisotopic (exact) mass is 446 g/mol. The molecule has 6 nitrogen and oxygen atoms in total. The molecule has 0 aliphatic carbocycles. The number of halogens is 1. The maximum atomic E-state index is 8.57. The van der Waals surface area contributed by atoms with Gasteiger partial charge in [-0.05, 0) is 33.1 Å². The molecule has 0 aromatic heterocycles. The predicted octanol–water partition coefficient (Wildman–Crippen LogP) is 3.41. The van der Waals surface area contributed by atoms with Crippen LogP contribution in [0.3, 0.4) is 0 Å². The second-order valence-corrected chi connectivity index (χ2v) is 6.50. The largest absolute Gasteiger partial charge is 0.394 e. The molecule has 0 saturated heterocycles. The second kappa shape index (κ2) is 30.0. The molecule has 0 aliphatic heterocycles. The first-order valence-corrected chi connectivity index (χ1v) is 10.8. The summed E-state index contributed by atoms with van der Waals surface area (Å²) in [5, 5.41) is 17.9. The van der Waals surface area contributed by atoms with E-state index < -0.39 is 6.10 Å². The Kier molecular flexibility index (Phi) is 35.7. The van der Waals surface area contributed by atoms with Crippen molar-refractivity contribution in [1.29, 1.82) is 0 Å². The average Bonchev–Trinajstić information content (AvgIpc) is 2.63. The zero-order valence-corrected chi connectivity index (χ0v) is 19.1. The molecule has 0 radical (unpaired) electrons. The van der Waals surface area contributed by atoms with Crippen molar-refractivity contribution in [3.05, 3.63) is 0 Å². The molecule has 0 spiro atoms. The van der Waals surface area contributed by atoms with Gasteiger partial charge in [0, 0.05) is 18.5 Å². The number of rotatable bonds is 15. The SMILES string of the molecule is CC(O)COCCO.CCCBr.CCCOCCOCC(C)OCCC. The van der Waals surface area contributed by atoms with E-state index in [9.17, 15) is 0 Å². The third-order valence-corrected chi connectivity index (χ3v) is 3.26. The summed E-state index contributed by atoms with van der Waals surface area (Å²) in [4.78, 5) is 0. The first-order valence-electron chi connectivity index (χ1n) is 9.69. The first kappa shape index (κ1) is 31.0. The average molecular weight is 447 g/mol. The molecule has 2 N–H and O–H groups in total. The molecule has 2 unspecified atom stereocenters. The maximum Gasteiger partial charge on any atom is 0.0780 e. The van der Waals surface area contributed by atoms with Crippen LogP contribution in [-0.2, 0) is 18.9 Å². The van der Waals surface area contributed by atoms with E-state index in [0.717, 1.165) is 31.4 Å². The Morgan fingerprint density at radius 2 is 1.31 bits per heavy atom. The summed E-state index contributed by atoms with van der Waals surface area (Å²) in [6.07, 6.45) is 3.13. The van der Waals surface area contributed by atoms with Crippen LogP contribution in [0.1, 0.15) is 53.9 Å². The number of alkyl halides is 1. The van der Waals surface area contributed by atoms with Gasteiger partial charge in [0.15, 0.2) is 0 Å². The summed E-state index contributed by atoms with van der Waals surface area (Å²) in [6.45, 7) is 14.3. The highest BCUT2D eigenvalue weighted by atomic mass is 79.9. The summed E-state index contributed by atoms with van der Waals surface area (Å²) in [7, 11) is 0. The molecule has 0 saturated carbocycles. The molecule has 0 bridgehead atoms. The minimum absolute atomic E-state index is 0.0206. The van der Waals surface area contributed by atoms with Gasteiger partial charge in [-0.25, -0.2) is 0 Å². The van der Waals surface area contributed by atoms with Gasteiger partial charge in [0.25, 0.3) is 0 Å². The van der Waals surface area contributed by atoms with E-state index in [-0.39, 0.29) is 12.7 Å². The molecule has 0 heterocycles. The van der Waals surface area contributed by atoms with Crippen molar-refractivity contribution in [1.82, 2.24) is 0 Å². The van der Waals surface area contributed by atoms with E-state index in [1.165, 1.54) is 6.42 Å². The number of hydrogen-bond donors (Lipinski definition) is 2. The van der Waals surface area contributed by atoms with Crippen molar-refractivity contribution < 1.29 is 29.2 Å². The van der Waals surface area contributed by atoms with Gasteiger partial charge in [-0.1, -0.05) is 36.7 Å². The minimum Gasteiger partial charge on any atom is -0.394 e. The van der Waals surface area contributed by atoms with E-state index in [2.05, 4.69) is 36.7 Å². The quantitative estimate of drug-likeness (QED) is 0.296. The van der Waals surface area contributed by atoms with Crippen LogP contribution < -0.4 is 0 Å². The van der Waals surface area contributed by atoms with E-state index >= 15 is 0 Å². The summed E-state index contributed by atoms with van der Waals surface area (Å²) in [5.74, 6) is 0. The number of aliphatic hydroxyl groups is 2. The molecule has 2 atom stereocenters. The number of ether oxygens (including phenoxy) is 4. The van der Waals surface area contributed by atoms with Gasteiger partial charge < -0.3 is 29.2 Å². The highest BCUT2D eigenvalue weighted by Crippen LogP contribution is 1.93. The molecule has 0 amide bonds. The Morgan fingerprint density at radius 3 is 1.77 bits per heavy atom. The van der Waals surface area contributed by atoms with E-state index in [4.69, 9.17) is 29.2 Å². The van der Waals surface area contributed by atoms with Crippen LogP contribution in [0.4, 0.5) is 0 Å². The van der Waals surface area contributed by atoms with Crippen LogP contribution in [0.2, 0.25) is 0 Å². The third-order valence-electron chi connectivity index (χ3n) is 2.46. The maximum absolute atomic E-state index is 8.57. The van der Waals surface area contributed by atoms with Crippen LogP contribution in [0.15, 0.2) is 0 Å². The van der Waals surface area contributed by atoms with Gasteiger partial charge in [0.05, 0.1) is 51.8 Å². The van der Waals surface area contributed by atoms with Crippen molar-refractivity contribution in [3.8, 4) is 0 Å². The third kappa shape index (κ3) is 39.4. The van der Waals surface area contributed by atoms with Crippen molar-refractivity contribution in [2.75, 3.05) is 58.2 Å². The topological polar surface area (TPSA) is 77.4 Å². The van der Waals surface area contributed by atoms with Crippen molar-refractivity contribution in [2.45, 2.75) is 66.1 Å². The zero-order chi connectivity index (χ0) is 20.5. The Hall–Kier alpha value is 0.240. The Labute approximate surface area is 169 Å². The van der Waals surface area contributed by atoms with Crippen LogP contribution in [0.25, 0.3) is 0 Å². The number of hydrogen-bond acceptors (Lipinski definition) is 6. The fourth-order valence-electron chi connectivity index (χ4n) is 1.30. The van der Waals surface area contributed by atoms with Crippen LogP contribution in [-0.4, -0.2) is 80.6 Å². The second-order valence-electron chi connectivity index (χ2n) is 5.71. The molecule has 0 rings (SSSR count). The highest BCUT2D eigenvalue weighted by Gasteiger charge is 2.00. The van der Waals surface area contributed by atoms with Gasteiger partial charge >= 0.3 is 0 Å². The van der Waals surface area contributed by atoms with Gasteiger partial charge in [-0.15, -0.1) is 0 Å².